The number of hydrogen-bond donors (Lipinski definition) is 0. The molecule has 0 fully saturated rings. The maximum absolute atomic E-state index is 13.4. The van der Waals surface area contributed by atoms with Gasteiger partial charge in [0.1, 0.15) is 0 Å². The second kappa shape index (κ2) is 7.16. The maximum Gasteiger partial charge on any atom is 0.407 e. The summed E-state index contributed by atoms with van der Waals surface area (Å²) in [5, 5.41) is 4.21. The van der Waals surface area contributed by atoms with Gasteiger partial charge in [-0.2, -0.15) is 18.3 Å². The van der Waals surface area contributed by atoms with Crippen molar-refractivity contribution in [2.75, 3.05) is 0 Å². The number of halogens is 3. The molecule has 0 radical (unpaired) electrons. The molecule has 0 amide bonds. The van der Waals surface area contributed by atoms with Gasteiger partial charge in [0.2, 0.25) is 0 Å². The molecule has 1 aromatic carbocycles. The average Bonchev–Trinajstić information content (AvgIpc) is 2.54. The van der Waals surface area contributed by atoms with Crippen molar-refractivity contribution in [2.45, 2.75) is 33.9 Å². The Kier molecular flexibility index (Phi) is 5.36. The summed E-state index contributed by atoms with van der Waals surface area (Å²) in [5.41, 5.74) is -1.49. The highest BCUT2D eigenvalue weighted by atomic mass is 19.4. The summed E-state index contributed by atoms with van der Waals surface area (Å²) in [7, 11) is 0. The van der Waals surface area contributed by atoms with E-state index in [1.165, 1.54) is 0 Å². The van der Waals surface area contributed by atoms with E-state index in [9.17, 15) is 18.0 Å². The van der Waals surface area contributed by atoms with E-state index in [-0.39, 0.29) is 11.6 Å². The average molecular weight is 361 g/mol. The molecule has 0 atom stereocenters. The summed E-state index contributed by atoms with van der Waals surface area (Å²) < 4.78 is 41.1. The lowest BCUT2D eigenvalue weighted by Gasteiger charge is -2.16. The molecule has 0 saturated heterocycles. The number of hydrogen-bond acceptors (Lipinski definition) is 2. The number of alkyl halides is 3. The fourth-order valence-corrected chi connectivity index (χ4v) is 2.30. The van der Waals surface area contributed by atoms with E-state index in [1.54, 1.807) is 38.1 Å². The van der Waals surface area contributed by atoms with Crippen molar-refractivity contribution in [3.05, 3.63) is 63.2 Å². The third kappa shape index (κ3) is 3.85. The van der Waals surface area contributed by atoms with Crippen molar-refractivity contribution < 1.29 is 13.2 Å². The first kappa shape index (κ1) is 19.4. The Morgan fingerprint density at radius 2 is 1.92 bits per heavy atom. The van der Waals surface area contributed by atoms with Crippen LogP contribution in [0.15, 0.2) is 40.2 Å². The van der Waals surface area contributed by atoms with Gasteiger partial charge in [-0.1, -0.05) is 37.6 Å². The first-order valence-electron chi connectivity index (χ1n) is 7.93. The van der Waals surface area contributed by atoms with Crippen molar-refractivity contribution in [3.8, 4) is 11.3 Å². The van der Waals surface area contributed by atoms with Gasteiger partial charge < -0.3 is 0 Å². The van der Waals surface area contributed by atoms with Crippen molar-refractivity contribution >= 4 is 11.4 Å². The number of aromatic nitrogens is 1. The molecule has 0 aliphatic carbocycles. The SMILES string of the molecule is [C-]#[N+]c1c(C(F)(F)F)cc(-c2cccc(C)c2)n(N=C(C)C(C)C)c1=O. The molecule has 136 valence electrons. The molecule has 0 unspecified atom stereocenters. The molecule has 0 N–H and O–H groups in total. The highest BCUT2D eigenvalue weighted by Gasteiger charge is 2.36. The topological polar surface area (TPSA) is 38.7 Å². The molecule has 2 rings (SSSR count). The number of pyridine rings is 1. The Hall–Kier alpha value is -2.88. The Labute approximate surface area is 149 Å². The smallest absolute Gasteiger partial charge is 0.281 e. The van der Waals surface area contributed by atoms with Gasteiger partial charge >= 0.3 is 6.18 Å². The third-order valence-electron chi connectivity index (χ3n) is 3.98. The molecular weight excluding hydrogens is 343 g/mol. The summed E-state index contributed by atoms with van der Waals surface area (Å²) in [6, 6.07) is 7.58. The van der Waals surface area contributed by atoms with Gasteiger partial charge in [-0.05, 0) is 31.9 Å². The van der Waals surface area contributed by atoms with Gasteiger partial charge in [0.05, 0.1) is 17.8 Å². The largest absolute Gasteiger partial charge is 0.407 e. The molecule has 1 aromatic heterocycles. The molecule has 7 heteroatoms. The van der Waals surface area contributed by atoms with Crippen LogP contribution in [0.5, 0.6) is 0 Å². The van der Waals surface area contributed by atoms with Gasteiger partial charge in [0.15, 0.2) is 0 Å². The van der Waals surface area contributed by atoms with Crippen molar-refractivity contribution in [3.63, 3.8) is 0 Å². The highest BCUT2D eigenvalue weighted by Crippen LogP contribution is 2.37. The summed E-state index contributed by atoms with van der Waals surface area (Å²) in [6.45, 7) is 14.2. The molecule has 0 spiro atoms. The molecule has 26 heavy (non-hydrogen) atoms. The van der Waals surface area contributed by atoms with Crippen LogP contribution in [-0.4, -0.2) is 10.4 Å². The van der Waals surface area contributed by atoms with Crippen molar-refractivity contribution in [1.29, 1.82) is 0 Å². The summed E-state index contributed by atoms with van der Waals surface area (Å²) in [5.74, 6) is -0.00839. The molecule has 0 aliphatic heterocycles. The Bertz CT molecular complexity index is 963. The molecule has 2 aromatic rings. The van der Waals surface area contributed by atoms with E-state index >= 15 is 0 Å². The molecule has 0 bridgehead atoms. The Morgan fingerprint density at radius 3 is 2.42 bits per heavy atom. The lowest BCUT2D eigenvalue weighted by atomic mass is 10.1. The number of benzene rings is 1. The molecule has 0 saturated carbocycles. The van der Waals surface area contributed by atoms with Gasteiger partial charge in [0.25, 0.3) is 11.2 Å². The summed E-state index contributed by atoms with van der Waals surface area (Å²) in [6.07, 6.45) is -4.81. The lowest BCUT2D eigenvalue weighted by Crippen LogP contribution is -2.23. The summed E-state index contributed by atoms with van der Waals surface area (Å²) >= 11 is 0. The Morgan fingerprint density at radius 1 is 1.27 bits per heavy atom. The molecule has 4 nitrogen and oxygen atoms in total. The first-order valence-corrected chi connectivity index (χ1v) is 7.93. The summed E-state index contributed by atoms with van der Waals surface area (Å²) in [4.78, 5) is 15.5. The van der Waals surface area contributed by atoms with Crippen LogP contribution in [0.25, 0.3) is 16.1 Å². The quantitative estimate of drug-likeness (QED) is 0.542. The van der Waals surface area contributed by atoms with E-state index in [1.807, 2.05) is 13.8 Å². The molecule has 0 aliphatic rings. The highest BCUT2D eigenvalue weighted by molar-refractivity contribution is 5.84. The third-order valence-corrected chi connectivity index (χ3v) is 3.98. The van der Waals surface area contributed by atoms with Gasteiger partial charge in [-0.15, -0.1) is 0 Å². The van der Waals surface area contributed by atoms with E-state index in [0.717, 1.165) is 16.3 Å². The number of rotatable bonds is 3. The van der Waals surface area contributed by atoms with Gasteiger partial charge in [0, 0.05) is 11.3 Å². The predicted octanol–water partition coefficient (Wildman–Crippen LogP) is 5.27. The van der Waals surface area contributed by atoms with Crippen LogP contribution >= 0.6 is 0 Å². The van der Waals surface area contributed by atoms with Gasteiger partial charge in [-0.3, -0.25) is 4.79 Å². The molecular formula is C19H18F3N3O. The minimum atomic E-state index is -4.81. The zero-order valence-electron chi connectivity index (χ0n) is 14.8. The zero-order chi connectivity index (χ0) is 19.6. The van der Waals surface area contributed by atoms with Gasteiger partial charge in [-0.25, -0.2) is 9.52 Å². The van der Waals surface area contributed by atoms with E-state index in [2.05, 4.69) is 9.95 Å². The van der Waals surface area contributed by atoms with Crippen molar-refractivity contribution in [2.24, 2.45) is 11.0 Å². The maximum atomic E-state index is 13.4. The van der Waals surface area contributed by atoms with Crippen LogP contribution in [0.3, 0.4) is 0 Å². The second-order valence-electron chi connectivity index (χ2n) is 6.28. The normalized spacial score (nSPS) is 12.3. The fourth-order valence-electron chi connectivity index (χ4n) is 2.30. The van der Waals surface area contributed by atoms with Crippen LogP contribution in [0.2, 0.25) is 0 Å². The monoisotopic (exact) mass is 361 g/mol. The standard InChI is InChI=1S/C19H18F3N3O/c1-11(2)13(4)24-25-16(14-8-6-7-12(3)9-14)10-15(19(20,21)22)17(23-5)18(25)26/h6-11H,1-4H3. The Balaban J connectivity index is 2.96. The van der Waals surface area contributed by atoms with E-state index in [0.29, 0.717) is 11.3 Å². The predicted molar refractivity (Wildman–Crippen MR) is 95.5 cm³/mol. The van der Waals surface area contributed by atoms with Crippen LogP contribution in [0, 0.1) is 19.4 Å². The van der Waals surface area contributed by atoms with Crippen LogP contribution in [0.4, 0.5) is 18.9 Å². The van der Waals surface area contributed by atoms with Crippen LogP contribution in [0.1, 0.15) is 31.9 Å². The lowest BCUT2D eigenvalue weighted by molar-refractivity contribution is -0.136. The van der Waals surface area contributed by atoms with Crippen LogP contribution < -0.4 is 5.56 Å². The first-order chi connectivity index (χ1) is 12.1. The van der Waals surface area contributed by atoms with Crippen LogP contribution in [-0.2, 0) is 6.18 Å². The van der Waals surface area contributed by atoms with E-state index < -0.39 is 23.0 Å². The second-order valence-corrected chi connectivity index (χ2v) is 6.28. The van der Waals surface area contributed by atoms with Crippen molar-refractivity contribution in [1.82, 2.24) is 4.68 Å². The number of aryl methyl sites for hydroxylation is 1. The molecule has 1 heterocycles. The minimum Gasteiger partial charge on any atom is -0.281 e. The number of nitrogens with zero attached hydrogens (tertiary/aromatic N) is 3. The fraction of sp³-hybridized carbons (Fsp3) is 0.316. The minimum absolute atomic E-state index is 0.00146. The van der Waals surface area contributed by atoms with E-state index in [4.69, 9.17) is 6.57 Å². The zero-order valence-corrected chi connectivity index (χ0v) is 14.8.